The van der Waals surface area contributed by atoms with Crippen molar-refractivity contribution in [1.29, 1.82) is 0 Å². The highest BCUT2D eigenvalue weighted by Gasteiger charge is 2.20. The molecule has 0 aromatic rings. The van der Waals surface area contributed by atoms with Crippen molar-refractivity contribution in [3.63, 3.8) is 0 Å². The first-order valence-corrected chi connectivity index (χ1v) is 36.7. The summed E-state index contributed by atoms with van der Waals surface area (Å²) in [4.78, 5) is 38.2. The maximum Gasteiger partial charge on any atom is 0.306 e. The molecule has 0 aromatic heterocycles. The van der Waals surface area contributed by atoms with E-state index >= 15 is 0 Å². The highest BCUT2D eigenvalue weighted by Crippen LogP contribution is 2.19. The fourth-order valence-electron chi connectivity index (χ4n) is 11.5. The standard InChI is InChI=1S/C74H142O6/c1-4-7-10-13-16-18-20-22-24-26-28-30-31-32-33-34-35-36-37-38-39-40-41-42-44-45-47-49-51-53-55-58-61-64-67-73(76)79-70-71(69-78-72(75)66-63-60-57-15-12-9-6-3)80-74(77)68-65-62-59-56-54-52-50-48-46-43-29-27-25-23-21-19-17-14-11-8-5-2/h27,29,71H,4-26,28,30-70H2,1-3H3/b29-27-. The number of allylic oxidation sites excluding steroid dienone is 2. The second-order valence-electron chi connectivity index (χ2n) is 25.2. The van der Waals surface area contributed by atoms with Crippen LogP contribution in [0.4, 0.5) is 0 Å². The first kappa shape index (κ1) is 78.1. The molecule has 0 saturated heterocycles. The molecule has 0 rings (SSSR count). The van der Waals surface area contributed by atoms with Gasteiger partial charge < -0.3 is 14.2 Å². The van der Waals surface area contributed by atoms with Gasteiger partial charge in [-0.05, 0) is 44.9 Å². The Bertz CT molecular complexity index is 1250. The third-order valence-corrected chi connectivity index (χ3v) is 17.0. The van der Waals surface area contributed by atoms with Crippen molar-refractivity contribution in [2.45, 2.75) is 431 Å². The van der Waals surface area contributed by atoms with Gasteiger partial charge in [-0.1, -0.05) is 373 Å². The van der Waals surface area contributed by atoms with E-state index in [1.54, 1.807) is 0 Å². The number of esters is 3. The minimum absolute atomic E-state index is 0.0649. The van der Waals surface area contributed by atoms with Crippen LogP contribution in [0.25, 0.3) is 0 Å². The lowest BCUT2D eigenvalue weighted by Gasteiger charge is -2.18. The normalized spacial score (nSPS) is 12.0. The Morgan fingerprint density at radius 2 is 0.412 bits per heavy atom. The monoisotopic (exact) mass is 1130 g/mol. The van der Waals surface area contributed by atoms with Crippen LogP contribution in [0.3, 0.4) is 0 Å². The van der Waals surface area contributed by atoms with E-state index in [9.17, 15) is 14.4 Å². The van der Waals surface area contributed by atoms with E-state index in [0.29, 0.717) is 19.3 Å². The van der Waals surface area contributed by atoms with E-state index in [2.05, 4.69) is 32.9 Å². The smallest absolute Gasteiger partial charge is 0.306 e. The van der Waals surface area contributed by atoms with Crippen molar-refractivity contribution in [1.82, 2.24) is 0 Å². The molecule has 1 unspecified atom stereocenters. The number of carbonyl (C=O) groups is 3. The largest absolute Gasteiger partial charge is 0.462 e. The molecule has 474 valence electrons. The van der Waals surface area contributed by atoms with Crippen LogP contribution in [0, 0.1) is 0 Å². The van der Waals surface area contributed by atoms with Crippen LogP contribution in [0.15, 0.2) is 12.2 Å². The Labute approximate surface area is 501 Å². The van der Waals surface area contributed by atoms with Crippen molar-refractivity contribution in [2.75, 3.05) is 13.2 Å². The molecular formula is C74H142O6. The molecule has 0 aliphatic rings. The maximum atomic E-state index is 12.9. The fraction of sp³-hybridized carbons (Fsp3) is 0.932. The summed E-state index contributed by atoms with van der Waals surface area (Å²) in [6.45, 7) is 6.68. The van der Waals surface area contributed by atoms with Crippen molar-refractivity contribution in [2.24, 2.45) is 0 Å². The molecule has 6 nitrogen and oxygen atoms in total. The lowest BCUT2D eigenvalue weighted by Crippen LogP contribution is -2.30. The number of hydrogen-bond acceptors (Lipinski definition) is 6. The van der Waals surface area contributed by atoms with Crippen LogP contribution >= 0.6 is 0 Å². The van der Waals surface area contributed by atoms with E-state index < -0.39 is 6.10 Å². The van der Waals surface area contributed by atoms with Crippen molar-refractivity contribution in [3.8, 4) is 0 Å². The van der Waals surface area contributed by atoms with Gasteiger partial charge in [0.2, 0.25) is 0 Å². The predicted octanol–water partition coefficient (Wildman–Crippen LogP) is 25.2. The molecule has 0 radical (unpaired) electrons. The zero-order valence-electron chi connectivity index (χ0n) is 54.6. The van der Waals surface area contributed by atoms with Crippen LogP contribution < -0.4 is 0 Å². The lowest BCUT2D eigenvalue weighted by atomic mass is 10.0. The third-order valence-electron chi connectivity index (χ3n) is 17.0. The van der Waals surface area contributed by atoms with Crippen LogP contribution in [0.2, 0.25) is 0 Å². The fourth-order valence-corrected chi connectivity index (χ4v) is 11.5. The Morgan fingerprint density at radius 1 is 0.237 bits per heavy atom. The van der Waals surface area contributed by atoms with E-state index in [1.165, 1.54) is 327 Å². The molecule has 80 heavy (non-hydrogen) atoms. The number of hydrogen-bond donors (Lipinski definition) is 0. The summed E-state index contributed by atoms with van der Waals surface area (Å²) in [5.74, 6) is -0.844. The predicted molar refractivity (Wildman–Crippen MR) is 349 cm³/mol. The summed E-state index contributed by atoms with van der Waals surface area (Å²) in [6.07, 6.45) is 84.4. The van der Waals surface area contributed by atoms with Gasteiger partial charge >= 0.3 is 17.9 Å². The molecule has 0 bridgehead atoms. The van der Waals surface area contributed by atoms with Gasteiger partial charge in [-0.15, -0.1) is 0 Å². The molecule has 0 spiro atoms. The van der Waals surface area contributed by atoms with Gasteiger partial charge in [0.15, 0.2) is 6.10 Å². The topological polar surface area (TPSA) is 78.9 Å². The molecule has 1 atom stereocenters. The second kappa shape index (κ2) is 69.6. The molecule has 0 heterocycles. The highest BCUT2D eigenvalue weighted by atomic mass is 16.6. The minimum atomic E-state index is -0.766. The molecule has 0 aliphatic carbocycles. The summed E-state index contributed by atoms with van der Waals surface area (Å²) >= 11 is 0. The van der Waals surface area contributed by atoms with Gasteiger partial charge in [-0.3, -0.25) is 14.4 Å². The zero-order valence-corrected chi connectivity index (χ0v) is 54.6. The Kier molecular flexibility index (Phi) is 68.0. The van der Waals surface area contributed by atoms with Gasteiger partial charge in [0.25, 0.3) is 0 Å². The number of ether oxygens (including phenoxy) is 3. The van der Waals surface area contributed by atoms with Gasteiger partial charge in [-0.25, -0.2) is 0 Å². The van der Waals surface area contributed by atoms with E-state index in [1.807, 2.05) is 0 Å². The van der Waals surface area contributed by atoms with Crippen molar-refractivity contribution >= 4 is 17.9 Å². The number of unbranched alkanes of at least 4 members (excludes halogenated alkanes) is 56. The molecule has 0 saturated carbocycles. The van der Waals surface area contributed by atoms with E-state index in [4.69, 9.17) is 14.2 Å². The SMILES string of the molecule is CCCCCCCCCC/C=C\CCCCCCCCCCCC(=O)OC(COC(=O)CCCCCCCCC)COC(=O)CCCCCCCCCCCCCCCCCCCCCCCCCCCCCCCCCCCC. The van der Waals surface area contributed by atoms with Crippen molar-refractivity contribution in [3.05, 3.63) is 12.2 Å². The number of carbonyl (C=O) groups excluding carboxylic acids is 3. The molecule has 0 aliphatic heterocycles. The van der Waals surface area contributed by atoms with Crippen molar-refractivity contribution < 1.29 is 28.6 Å². The average Bonchev–Trinajstić information content (AvgIpc) is 3.46. The van der Waals surface area contributed by atoms with Gasteiger partial charge in [0, 0.05) is 19.3 Å². The van der Waals surface area contributed by atoms with Crippen LogP contribution in [-0.4, -0.2) is 37.2 Å². The number of rotatable bonds is 69. The second-order valence-corrected chi connectivity index (χ2v) is 25.2. The quantitative estimate of drug-likeness (QED) is 0.0261. The Hall–Kier alpha value is -1.85. The van der Waals surface area contributed by atoms with E-state index in [-0.39, 0.29) is 31.1 Å². The summed E-state index contributed by atoms with van der Waals surface area (Å²) in [5, 5.41) is 0. The van der Waals surface area contributed by atoms with Crippen LogP contribution in [0.5, 0.6) is 0 Å². The van der Waals surface area contributed by atoms with Gasteiger partial charge in [0.05, 0.1) is 0 Å². The first-order chi connectivity index (χ1) is 39.5. The molecular weight excluding hydrogens is 985 g/mol. The van der Waals surface area contributed by atoms with Crippen LogP contribution in [0.1, 0.15) is 425 Å². The summed E-state index contributed by atoms with van der Waals surface area (Å²) < 4.78 is 16.9. The molecule has 0 fully saturated rings. The molecule has 0 N–H and O–H groups in total. The summed E-state index contributed by atoms with van der Waals surface area (Å²) in [7, 11) is 0. The summed E-state index contributed by atoms with van der Waals surface area (Å²) in [6, 6.07) is 0. The first-order valence-electron chi connectivity index (χ1n) is 36.7. The minimum Gasteiger partial charge on any atom is -0.462 e. The average molecular weight is 1130 g/mol. The Balaban J connectivity index is 3.93. The van der Waals surface area contributed by atoms with Gasteiger partial charge in [-0.2, -0.15) is 0 Å². The molecule has 0 aromatic carbocycles. The van der Waals surface area contributed by atoms with E-state index in [0.717, 1.165) is 57.8 Å². The zero-order chi connectivity index (χ0) is 57.8. The molecule has 6 heteroatoms. The van der Waals surface area contributed by atoms with Crippen LogP contribution in [-0.2, 0) is 28.6 Å². The lowest BCUT2D eigenvalue weighted by molar-refractivity contribution is -0.167. The molecule has 0 amide bonds. The Morgan fingerprint density at radius 3 is 0.625 bits per heavy atom. The highest BCUT2D eigenvalue weighted by molar-refractivity contribution is 5.71. The summed E-state index contributed by atoms with van der Waals surface area (Å²) in [5.41, 5.74) is 0. The third kappa shape index (κ3) is 66.9. The maximum absolute atomic E-state index is 12.9. The van der Waals surface area contributed by atoms with Gasteiger partial charge in [0.1, 0.15) is 13.2 Å².